The van der Waals surface area contributed by atoms with Crippen molar-refractivity contribution in [3.05, 3.63) is 21.9 Å². The molecular weight excluding hydrogens is 252 g/mol. The maximum absolute atomic E-state index is 3.74. The molecule has 19 heavy (non-hydrogen) atoms. The fourth-order valence-electron chi connectivity index (χ4n) is 3.79. The lowest BCUT2D eigenvalue weighted by Gasteiger charge is -2.39. The number of hydrogen-bond donors (Lipinski definition) is 1. The highest BCUT2D eigenvalue weighted by molar-refractivity contribution is 7.08. The Morgan fingerprint density at radius 3 is 2.58 bits per heavy atom. The molecule has 2 atom stereocenters. The Labute approximate surface area is 121 Å². The van der Waals surface area contributed by atoms with Crippen molar-refractivity contribution in [2.24, 2.45) is 0 Å². The van der Waals surface area contributed by atoms with Crippen molar-refractivity contribution in [1.82, 2.24) is 10.2 Å². The SMILES string of the molecule is CCCNC1CC2CCC(C1)N2Cc1cscc1C. The Balaban J connectivity index is 1.62. The molecule has 1 aromatic heterocycles. The van der Waals surface area contributed by atoms with Crippen molar-refractivity contribution in [1.29, 1.82) is 0 Å². The largest absolute Gasteiger partial charge is 0.314 e. The molecule has 3 rings (SSSR count). The van der Waals surface area contributed by atoms with Crippen LogP contribution in [0.15, 0.2) is 10.8 Å². The summed E-state index contributed by atoms with van der Waals surface area (Å²) in [6, 6.07) is 2.43. The second-order valence-corrected chi connectivity index (χ2v) is 7.00. The molecule has 0 saturated carbocycles. The van der Waals surface area contributed by atoms with E-state index in [1.165, 1.54) is 50.8 Å². The van der Waals surface area contributed by atoms with Crippen LogP contribution >= 0.6 is 11.3 Å². The minimum absolute atomic E-state index is 0.775. The minimum Gasteiger partial charge on any atom is -0.314 e. The van der Waals surface area contributed by atoms with Crippen molar-refractivity contribution >= 4 is 11.3 Å². The van der Waals surface area contributed by atoms with Crippen LogP contribution in [-0.2, 0) is 6.54 Å². The topological polar surface area (TPSA) is 15.3 Å². The van der Waals surface area contributed by atoms with Gasteiger partial charge in [0.2, 0.25) is 0 Å². The summed E-state index contributed by atoms with van der Waals surface area (Å²) in [5.41, 5.74) is 3.04. The fourth-order valence-corrected chi connectivity index (χ4v) is 4.64. The Kier molecular flexibility index (Phi) is 4.25. The summed E-state index contributed by atoms with van der Waals surface area (Å²) in [6.07, 6.45) is 6.80. The average Bonchev–Trinajstić information content (AvgIpc) is 2.90. The fraction of sp³-hybridized carbons (Fsp3) is 0.750. The van der Waals surface area contributed by atoms with Crippen LogP contribution in [0.3, 0.4) is 0 Å². The molecule has 2 nitrogen and oxygen atoms in total. The molecule has 2 aliphatic rings. The van der Waals surface area contributed by atoms with Crippen molar-refractivity contribution in [3.8, 4) is 0 Å². The lowest BCUT2D eigenvalue weighted by atomic mass is 9.96. The summed E-state index contributed by atoms with van der Waals surface area (Å²) in [6.45, 7) is 6.89. The molecular formula is C16H26N2S. The molecule has 2 bridgehead atoms. The van der Waals surface area contributed by atoms with Gasteiger partial charge in [-0.25, -0.2) is 0 Å². The average molecular weight is 278 g/mol. The first kappa shape index (κ1) is 13.6. The lowest BCUT2D eigenvalue weighted by molar-refractivity contribution is 0.109. The highest BCUT2D eigenvalue weighted by Crippen LogP contribution is 2.37. The maximum atomic E-state index is 3.74. The Morgan fingerprint density at radius 1 is 1.26 bits per heavy atom. The van der Waals surface area contributed by atoms with Crippen molar-refractivity contribution in [3.63, 3.8) is 0 Å². The molecule has 3 heterocycles. The van der Waals surface area contributed by atoms with Crippen LogP contribution in [0.5, 0.6) is 0 Å². The van der Waals surface area contributed by atoms with Gasteiger partial charge in [0.25, 0.3) is 0 Å². The van der Waals surface area contributed by atoms with Gasteiger partial charge in [0.05, 0.1) is 0 Å². The van der Waals surface area contributed by atoms with Gasteiger partial charge in [0, 0.05) is 24.7 Å². The van der Waals surface area contributed by atoms with Gasteiger partial charge < -0.3 is 5.32 Å². The Hall–Kier alpha value is -0.380. The first-order valence-corrected chi connectivity index (χ1v) is 8.73. The summed E-state index contributed by atoms with van der Waals surface area (Å²) in [7, 11) is 0. The smallest absolute Gasteiger partial charge is 0.0250 e. The van der Waals surface area contributed by atoms with Gasteiger partial charge in [-0.2, -0.15) is 11.3 Å². The molecule has 0 aromatic carbocycles. The maximum Gasteiger partial charge on any atom is 0.0250 e. The number of rotatable bonds is 5. The summed E-state index contributed by atoms with van der Waals surface area (Å²) < 4.78 is 0. The van der Waals surface area contributed by atoms with E-state index >= 15 is 0 Å². The number of thiophene rings is 1. The summed E-state index contributed by atoms with van der Waals surface area (Å²) in [5, 5.41) is 8.37. The van der Waals surface area contributed by atoms with Crippen LogP contribution < -0.4 is 5.32 Å². The van der Waals surface area contributed by atoms with Crippen LogP contribution in [0.4, 0.5) is 0 Å². The van der Waals surface area contributed by atoms with Gasteiger partial charge in [-0.1, -0.05) is 6.92 Å². The molecule has 0 spiro atoms. The van der Waals surface area contributed by atoms with Gasteiger partial charge >= 0.3 is 0 Å². The summed E-state index contributed by atoms with van der Waals surface area (Å²) in [4.78, 5) is 2.79. The standard InChI is InChI=1S/C16H26N2S/c1-3-6-17-14-7-15-4-5-16(8-14)18(15)9-13-11-19-10-12(13)2/h10-11,14-17H,3-9H2,1-2H3. The first-order chi connectivity index (χ1) is 9.28. The molecule has 0 radical (unpaired) electrons. The third-order valence-corrected chi connectivity index (χ3v) is 5.79. The van der Waals surface area contributed by atoms with Crippen LogP contribution in [0.25, 0.3) is 0 Å². The van der Waals surface area contributed by atoms with E-state index in [1.807, 2.05) is 11.3 Å². The van der Waals surface area contributed by atoms with Crippen LogP contribution in [0.1, 0.15) is 50.2 Å². The molecule has 1 aromatic rings. The molecule has 2 fully saturated rings. The van der Waals surface area contributed by atoms with E-state index in [2.05, 4.69) is 34.8 Å². The monoisotopic (exact) mass is 278 g/mol. The van der Waals surface area contributed by atoms with Gasteiger partial charge in [-0.3, -0.25) is 4.90 Å². The number of nitrogens with zero attached hydrogens (tertiary/aromatic N) is 1. The van der Waals surface area contributed by atoms with Crippen LogP contribution in [0, 0.1) is 6.92 Å². The summed E-state index contributed by atoms with van der Waals surface area (Å²) in [5.74, 6) is 0. The molecule has 1 N–H and O–H groups in total. The number of fused-ring (bicyclic) bond motifs is 2. The zero-order chi connectivity index (χ0) is 13.2. The van der Waals surface area contributed by atoms with Gasteiger partial charge in [0.1, 0.15) is 0 Å². The molecule has 2 saturated heterocycles. The van der Waals surface area contributed by atoms with E-state index in [-0.39, 0.29) is 0 Å². The molecule has 2 aliphatic heterocycles. The van der Waals surface area contributed by atoms with E-state index < -0.39 is 0 Å². The highest BCUT2D eigenvalue weighted by Gasteiger charge is 2.40. The molecule has 106 valence electrons. The first-order valence-electron chi connectivity index (χ1n) is 7.78. The van der Waals surface area contributed by atoms with E-state index in [0.29, 0.717) is 0 Å². The quantitative estimate of drug-likeness (QED) is 0.886. The highest BCUT2D eigenvalue weighted by atomic mass is 32.1. The summed E-state index contributed by atoms with van der Waals surface area (Å²) >= 11 is 1.85. The van der Waals surface area contributed by atoms with Crippen molar-refractivity contribution < 1.29 is 0 Å². The van der Waals surface area contributed by atoms with E-state index in [9.17, 15) is 0 Å². The van der Waals surface area contributed by atoms with E-state index in [1.54, 1.807) is 5.56 Å². The second-order valence-electron chi connectivity index (χ2n) is 6.26. The number of aryl methyl sites for hydroxylation is 1. The van der Waals surface area contributed by atoms with Crippen molar-refractivity contribution in [2.75, 3.05) is 6.54 Å². The predicted octanol–water partition coefficient (Wildman–Crippen LogP) is 3.55. The molecule has 3 heteroatoms. The number of hydrogen-bond acceptors (Lipinski definition) is 3. The zero-order valence-corrected chi connectivity index (χ0v) is 13.0. The second kappa shape index (κ2) is 5.94. The van der Waals surface area contributed by atoms with Crippen molar-refractivity contribution in [2.45, 2.75) is 70.6 Å². The minimum atomic E-state index is 0.775. The van der Waals surface area contributed by atoms with E-state index in [0.717, 1.165) is 18.1 Å². The third-order valence-electron chi connectivity index (χ3n) is 4.88. The Morgan fingerprint density at radius 2 is 2.00 bits per heavy atom. The Bertz CT molecular complexity index is 401. The van der Waals surface area contributed by atoms with Gasteiger partial charge in [-0.15, -0.1) is 0 Å². The molecule has 0 aliphatic carbocycles. The molecule has 2 unspecified atom stereocenters. The van der Waals surface area contributed by atoms with Gasteiger partial charge in [-0.05, 0) is 67.5 Å². The predicted molar refractivity (Wildman–Crippen MR) is 82.7 cm³/mol. The zero-order valence-electron chi connectivity index (χ0n) is 12.2. The lowest BCUT2D eigenvalue weighted by Crippen LogP contribution is -2.48. The van der Waals surface area contributed by atoms with Gasteiger partial charge in [0.15, 0.2) is 0 Å². The van der Waals surface area contributed by atoms with Crippen LogP contribution in [-0.4, -0.2) is 29.6 Å². The van der Waals surface area contributed by atoms with E-state index in [4.69, 9.17) is 0 Å². The third kappa shape index (κ3) is 2.88. The van der Waals surface area contributed by atoms with Crippen LogP contribution in [0.2, 0.25) is 0 Å². The normalized spacial score (nSPS) is 30.9. The molecule has 0 amide bonds. The number of piperidine rings is 1. The number of nitrogens with one attached hydrogen (secondary N) is 1.